The van der Waals surface area contributed by atoms with Crippen molar-refractivity contribution in [2.45, 2.75) is 0 Å². The molecular weight excluding hydrogens is 392 g/mol. The summed E-state index contributed by atoms with van der Waals surface area (Å²) in [6.07, 6.45) is 3.94. The SMILES string of the molecule is COc1cc(/C=C/c2ccc(O)cc2)cc(OC)c1.Oc1cccc2c(O)cccc12. The van der Waals surface area contributed by atoms with Crippen LogP contribution in [0.4, 0.5) is 0 Å². The van der Waals surface area contributed by atoms with Crippen molar-refractivity contribution in [3.05, 3.63) is 90.0 Å². The second kappa shape index (κ2) is 10.1. The first-order valence-corrected chi connectivity index (χ1v) is 9.60. The van der Waals surface area contributed by atoms with Crippen LogP contribution in [0.1, 0.15) is 11.1 Å². The predicted octanol–water partition coefficient (Wildman–Crippen LogP) is 5.83. The molecule has 5 nitrogen and oxygen atoms in total. The second-order valence-electron chi connectivity index (χ2n) is 6.72. The molecule has 0 aliphatic rings. The lowest BCUT2D eigenvalue weighted by Crippen LogP contribution is -1.88. The molecule has 31 heavy (non-hydrogen) atoms. The summed E-state index contributed by atoms with van der Waals surface area (Å²) in [7, 11) is 3.25. The highest BCUT2D eigenvalue weighted by molar-refractivity contribution is 5.92. The molecule has 4 rings (SSSR count). The number of phenolic OH excluding ortho intramolecular Hbond substituents is 3. The third kappa shape index (κ3) is 5.70. The van der Waals surface area contributed by atoms with Crippen LogP contribution in [0.25, 0.3) is 22.9 Å². The van der Waals surface area contributed by atoms with Crippen LogP contribution in [0, 0.1) is 0 Å². The molecule has 0 aromatic heterocycles. The Morgan fingerprint density at radius 3 is 1.55 bits per heavy atom. The minimum atomic E-state index is 0.198. The number of hydrogen-bond acceptors (Lipinski definition) is 5. The maximum atomic E-state index is 9.38. The Morgan fingerprint density at radius 2 is 1.06 bits per heavy atom. The van der Waals surface area contributed by atoms with Gasteiger partial charge in [-0.2, -0.15) is 0 Å². The number of ether oxygens (including phenoxy) is 2. The standard InChI is InChI=1S/C16H16O3.C10H8O2/c1-18-15-9-13(10-16(11-15)19-2)4-3-12-5-7-14(17)8-6-12;11-9-5-1-3-7-8(9)4-2-6-10(7)12/h3-11,17H,1-2H3;1-6,11-12H/b4-3+;. The molecule has 0 radical (unpaired) electrons. The molecule has 0 unspecified atom stereocenters. The Morgan fingerprint density at radius 1 is 0.581 bits per heavy atom. The Kier molecular flexibility index (Phi) is 7.01. The van der Waals surface area contributed by atoms with E-state index in [0.717, 1.165) is 22.6 Å². The van der Waals surface area contributed by atoms with Crippen molar-refractivity contribution in [1.29, 1.82) is 0 Å². The molecule has 0 saturated heterocycles. The van der Waals surface area contributed by atoms with Crippen molar-refractivity contribution in [2.24, 2.45) is 0 Å². The molecule has 0 atom stereocenters. The fourth-order valence-corrected chi connectivity index (χ4v) is 2.98. The quantitative estimate of drug-likeness (QED) is 0.365. The average molecular weight is 416 g/mol. The number of phenols is 3. The van der Waals surface area contributed by atoms with Crippen molar-refractivity contribution < 1.29 is 24.8 Å². The first-order chi connectivity index (χ1) is 15.0. The van der Waals surface area contributed by atoms with E-state index in [0.29, 0.717) is 10.8 Å². The summed E-state index contributed by atoms with van der Waals surface area (Å²) in [6.45, 7) is 0. The van der Waals surface area contributed by atoms with E-state index in [4.69, 9.17) is 9.47 Å². The van der Waals surface area contributed by atoms with Crippen LogP contribution in [0.2, 0.25) is 0 Å². The topological polar surface area (TPSA) is 79.2 Å². The second-order valence-corrected chi connectivity index (χ2v) is 6.72. The highest BCUT2D eigenvalue weighted by atomic mass is 16.5. The summed E-state index contributed by atoms with van der Waals surface area (Å²) in [5.74, 6) is 2.17. The molecule has 0 spiro atoms. The van der Waals surface area contributed by atoms with Crippen LogP contribution < -0.4 is 9.47 Å². The molecule has 0 amide bonds. The largest absolute Gasteiger partial charge is 0.508 e. The lowest BCUT2D eigenvalue weighted by atomic mass is 10.1. The lowest BCUT2D eigenvalue weighted by molar-refractivity contribution is 0.394. The molecular formula is C26H24O5. The zero-order valence-electron chi connectivity index (χ0n) is 17.3. The summed E-state index contributed by atoms with van der Waals surface area (Å²) in [6, 6.07) is 22.9. The monoisotopic (exact) mass is 416 g/mol. The smallest absolute Gasteiger partial charge is 0.123 e. The zero-order chi connectivity index (χ0) is 22.2. The minimum Gasteiger partial charge on any atom is -0.508 e. The van der Waals surface area contributed by atoms with Gasteiger partial charge in [0.25, 0.3) is 0 Å². The summed E-state index contributed by atoms with van der Waals surface area (Å²) in [5.41, 5.74) is 2.00. The van der Waals surface area contributed by atoms with E-state index in [1.54, 1.807) is 62.8 Å². The highest BCUT2D eigenvalue weighted by Gasteiger charge is 2.01. The first-order valence-electron chi connectivity index (χ1n) is 9.60. The van der Waals surface area contributed by atoms with Gasteiger partial charge in [-0.3, -0.25) is 0 Å². The number of hydrogen-bond donors (Lipinski definition) is 3. The molecule has 0 aliphatic heterocycles. The number of benzene rings is 4. The predicted molar refractivity (Wildman–Crippen MR) is 124 cm³/mol. The fourth-order valence-electron chi connectivity index (χ4n) is 2.98. The van der Waals surface area contributed by atoms with Crippen molar-refractivity contribution >= 4 is 22.9 Å². The van der Waals surface area contributed by atoms with Gasteiger partial charge in [0.2, 0.25) is 0 Å². The van der Waals surface area contributed by atoms with E-state index in [2.05, 4.69) is 0 Å². The average Bonchev–Trinajstić information content (AvgIpc) is 2.80. The molecule has 4 aromatic rings. The van der Waals surface area contributed by atoms with Gasteiger partial charge in [-0.1, -0.05) is 48.6 Å². The van der Waals surface area contributed by atoms with Gasteiger partial charge in [-0.05, 0) is 47.5 Å². The van der Waals surface area contributed by atoms with Gasteiger partial charge in [0, 0.05) is 16.8 Å². The van der Waals surface area contributed by atoms with Gasteiger partial charge in [0.15, 0.2) is 0 Å². The van der Waals surface area contributed by atoms with Gasteiger partial charge >= 0.3 is 0 Å². The molecule has 0 aliphatic carbocycles. The van der Waals surface area contributed by atoms with Gasteiger partial charge in [0.1, 0.15) is 28.7 Å². The zero-order valence-corrected chi connectivity index (χ0v) is 17.3. The number of methoxy groups -OCH3 is 2. The van der Waals surface area contributed by atoms with Crippen molar-refractivity contribution in [1.82, 2.24) is 0 Å². The highest BCUT2D eigenvalue weighted by Crippen LogP contribution is 2.30. The maximum Gasteiger partial charge on any atom is 0.123 e. The lowest BCUT2D eigenvalue weighted by Gasteiger charge is -2.05. The van der Waals surface area contributed by atoms with E-state index in [-0.39, 0.29) is 17.2 Å². The van der Waals surface area contributed by atoms with Crippen molar-refractivity contribution in [3.8, 4) is 28.7 Å². The number of fused-ring (bicyclic) bond motifs is 1. The van der Waals surface area contributed by atoms with Crippen LogP contribution in [0.3, 0.4) is 0 Å². The molecule has 0 saturated carbocycles. The molecule has 0 bridgehead atoms. The van der Waals surface area contributed by atoms with Crippen LogP contribution in [0.5, 0.6) is 28.7 Å². The van der Waals surface area contributed by atoms with Crippen LogP contribution in [0.15, 0.2) is 78.9 Å². The molecule has 158 valence electrons. The third-order valence-electron chi connectivity index (χ3n) is 4.61. The Balaban J connectivity index is 0.000000194. The summed E-state index contributed by atoms with van der Waals surface area (Å²) >= 11 is 0. The van der Waals surface area contributed by atoms with Gasteiger partial charge in [-0.25, -0.2) is 0 Å². The van der Waals surface area contributed by atoms with Crippen LogP contribution in [-0.4, -0.2) is 29.5 Å². The molecule has 0 fully saturated rings. The first kappa shape index (κ1) is 21.6. The summed E-state index contributed by atoms with van der Waals surface area (Å²) in [5, 5.41) is 29.3. The van der Waals surface area contributed by atoms with E-state index >= 15 is 0 Å². The van der Waals surface area contributed by atoms with Gasteiger partial charge < -0.3 is 24.8 Å². The van der Waals surface area contributed by atoms with E-state index in [1.165, 1.54) is 0 Å². The van der Waals surface area contributed by atoms with Gasteiger partial charge in [-0.15, -0.1) is 0 Å². The van der Waals surface area contributed by atoms with E-state index in [9.17, 15) is 15.3 Å². The van der Waals surface area contributed by atoms with Crippen molar-refractivity contribution in [2.75, 3.05) is 14.2 Å². The number of rotatable bonds is 4. The van der Waals surface area contributed by atoms with E-state index < -0.39 is 0 Å². The molecule has 5 heteroatoms. The normalized spacial score (nSPS) is 10.5. The molecule has 4 aromatic carbocycles. The Hall–Kier alpha value is -4.12. The van der Waals surface area contributed by atoms with Crippen molar-refractivity contribution in [3.63, 3.8) is 0 Å². The van der Waals surface area contributed by atoms with Crippen LogP contribution >= 0.6 is 0 Å². The van der Waals surface area contributed by atoms with E-state index in [1.807, 2.05) is 42.5 Å². The third-order valence-corrected chi connectivity index (χ3v) is 4.61. The maximum absolute atomic E-state index is 9.38. The molecule has 0 heterocycles. The minimum absolute atomic E-state index is 0.198. The number of aromatic hydroxyl groups is 3. The summed E-state index contributed by atoms with van der Waals surface area (Å²) < 4.78 is 10.4. The Labute approximate surface area is 181 Å². The molecule has 3 N–H and O–H groups in total. The van der Waals surface area contributed by atoms with Crippen LogP contribution in [-0.2, 0) is 0 Å². The summed E-state index contributed by atoms with van der Waals surface area (Å²) in [4.78, 5) is 0. The fraction of sp³-hybridized carbons (Fsp3) is 0.0769. The Bertz CT molecular complexity index is 1120. The van der Waals surface area contributed by atoms with Gasteiger partial charge in [0.05, 0.1) is 14.2 Å².